The average molecular weight is 611 g/mol. The highest BCUT2D eigenvalue weighted by molar-refractivity contribution is 5.97. The summed E-state index contributed by atoms with van der Waals surface area (Å²) in [5, 5.41) is 12.9. The maximum absolute atomic E-state index is 13.7. The number of ether oxygens (including phenoxy) is 2. The van der Waals surface area contributed by atoms with Gasteiger partial charge in [-0.15, -0.1) is 0 Å². The molecule has 3 heterocycles. The third-order valence-corrected chi connectivity index (χ3v) is 7.24. The van der Waals surface area contributed by atoms with Crippen molar-refractivity contribution in [1.82, 2.24) is 25.1 Å². The van der Waals surface area contributed by atoms with Gasteiger partial charge in [-0.2, -0.15) is 0 Å². The number of aliphatic hydroxyl groups excluding tert-OH is 1. The van der Waals surface area contributed by atoms with Crippen LogP contribution < -0.4 is 10.2 Å². The number of aliphatic hydroxyl groups is 1. The van der Waals surface area contributed by atoms with Gasteiger partial charge in [-0.05, 0) is 40.5 Å². The number of hydrogen-bond donors (Lipinski definition) is 2. The molecule has 2 aliphatic rings. The second kappa shape index (κ2) is 14.5. The number of β-amino-alcohol motifs (C(OH)–C–C–N with tert-alkyl or cyclic N) is 1. The molecule has 1 aromatic heterocycles. The lowest BCUT2D eigenvalue weighted by Crippen LogP contribution is -2.56. The molecule has 0 radical (unpaired) electrons. The van der Waals surface area contributed by atoms with Gasteiger partial charge < -0.3 is 34.6 Å². The Morgan fingerprint density at radius 2 is 1.70 bits per heavy atom. The van der Waals surface area contributed by atoms with Gasteiger partial charge in [0.1, 0.15) is 23.2 Å². The number of nitrogens with one attached hydrogen (secondary N) is 1. The molecule has 0 aliphatic carbocycles. The Bertz CT molecular complexity index is 1320. The Balaban J connectivity index is 1.56. The van der Waals surface area contributed by atoms with Crippen LogP contribution in [0.1, 0.15) is 57.4 Å². The Hall–Kier alpha value is -4.26. The number of esters is 1. The molecule has 13 heteroatoms. The van der Waals surface area contributed by atoms with Gasteiger partial charge in [-0.25, -0.2) is 14.8 Å². The first-order valence-electron chi connectivity index (χ1n) is 15.0. The van der Waals surface area contributed by atoms with E-state index in [0.29, 0.717) is 36.7 Å². The molecule has 3 amide bonds. The Morgan fingerprint density at radius 3 is 2.32 bits per heavy atom. The molecule has 0 saturated carbocycles. The van der Waals surface area contributed by atoms with E-state index < -0.39 is 35.7 Å². The molecule has 1 aromatic carbocycles. The van der Waals surface area contributed by atoms with Gasteiger partial charge in [0.2, 0.25) is 5.91 Å². The zero-order valence-corrected chi connectivity index (χ0v) is 25.8. The highest BCUT2D eigenvalue weighted by Gasteiger charge is 2.32. The van der Waals surface area contributed by atoms with E-state index in [0.717, 1.165) is 0 Å². The molecule has 238 valence electrons. The SMILES string of the molecule is CCOC(=O)N1CCN(C(=O)[C@H](CCC(=O)OC(C)(C)C)NC(=O)c2cc(N3CC[C@H](O)C3)nc(-c3ccccc3)n2)CC1. The van der Waals surface area contributed by atoms with Crippen molar-refractivity contribution in [3.63, 3.8) is 0 Å². The van der Waals surface area contributed by atoms with Gasteiger partial charge >= 0.3 is 12.1 Å². The van der Waals surface area contributed by atoms with Crippen LogP contribution >= 0.6 is 0 Å². The van der Waals surface area contributed by atoms with Crippen molar-refractivity contribution in [2.75, 3.05) is 50.8 Å². The molecular formula is C31H42N6O7. The fraction of sp³-hybridized carbons (Fsp3) is 0.548. The van der Waals surface area contributed by atoms with Crippen molar-refractivity contribution in [2.45, 2.75) is 64.7 Å². The number of benzene rings is 1. The molecule has 2 atom stereocenters. The predicted octanol–water partition coefficient (Wildman–Crippen LogP) is 2.24. The van der Waals surface area contributed by atoms with E-state index in [1.54, 1.807) is 38.7 Å². The van der Waals surface area contributed by atoms with Crippen LogP contribution in [0.4, 0.5) is 10.6 Å². The first kappa shape index (κ1) is 32.6. The summed E-state index contributed by atoms with van der Waals surface area (Å²) in [5.41, 5.74) is 0.0649. The number of carbonyl (C=O) groups is 4. The number of aromatic nitrogens is 2. The normalized spacial score (nSPS) is 17.7. The zero-order valence-electron chi connectivity index (χ0n) is 25.8. The van der Waals surface area contributed by atoms with Crippen LogP contribution in [-0.4, -0.2) is 112 Å². The second-order valence-electron chi connectivity index (χ2n) is 11.9. The van der Waals surface area contributed by atoms with Crippen molar-refractivity contribution in [1.29, 1.82) is 0 Å². The number of amides is 3. The van der Waals surface area contributed by atoms with E-state index in [9.17, 15) is 24.3 Å². The number of nitrogens with zero attached hydrogens (tertiary/aromatic N) is 5. The Labute approximate surface area is 257 Å². The molecule has 2 N–H and O–H groups in total. The van der Waals surface area contributed by atoms with E-state index >= 15 is 0 Å². The standard InChI is InChI=1S/C31H42N6O7/c1-5-43-30(42)36-17-15-35(16-18-36)29(41)23(11-12-26(39)44-31(2,3)4)33-28(40)24-19-25(37-14-13-22(38)20-37)34-27(32-24)21-9-7-6-8-10-21/h6-10,19,22-23,38H,5,11-18,20H2,1-4H3,(H,33,40)/t22-,23-/m0/s1. The summed E-state index contributed by atoms with van der Waals surface area (Å²) in [6.07, 6.45) is -0.432. The van der Waals surface area contributed by atoms with Crippen molar-refractivity contribution < 1.29 is 33.8 Å². The molecular weight excluding hydrogens is 568 g/mol. The van der Waals surface area contributed by atoms with Crippen molar-refractivity contribution in [3.05, 3.63) is 42.1 Å². The maximum atomic E-state index is 13.7. The third kappa shape index (κ3) is 8.88. The smallest absolute Gasteiger partial charge is 0.409 e. The van der Waals surface area contributed by atoms with Gasteiger partial charge in [-0.1, -0.05) is 30.3 Å². The van der Waals surface area contributed by atoms with Crippen LogP contribution in [0.3, 0.4) is 0 Å². The number of piperazine rings is 1. The quantitative estimate of drug-likeness (QED) is 0.404. The van der Waals surface area contributed by atoms with E-state index in [1.807, 2.05) is 35.2 Å². The molecule has 2 saturated heterocycles. The number of hydrogen-bond acceptors (Lipinski definition) is 10. The van der Waals surface area contributed by atoms with Gasteiger partial charge in [0.15, 0.2) is 5.82 Å². The summed E-state index contributed by atoms with van der Waals surface area (Å²) >= 11 is 0. The topological polar surface area (TPSA) is 154 Å². The average Bonchev–Trinajstić information content (AvgIpc) is 3.44. The summed E-state index contributed by atoms with van der Waals surface area (Å²) in [5.74, 6) is -0.627. The highest BCUT2D eigenvalue weighted by Crippen LogP contribution is 2.24. The number of rotatable bonds is 9. The summed E-state index contributed by atoms with van der Waals surface area (Å²) in [7, 11) is 0. The number of carbonyl (C=O) groups excluding carboxylic acids is 4. The van der Waals surface area contributed by atoms with E-state index in [4.69, 9.17) is 9.47 Å². The Kier molecular flexibility index (Phi) is 10.7. The predicted molar refractivity (Wildman–Crippen MR) is 162 cm³/mol. The van der Waals surface area contributed by atoms with Gasteiger partial charge in [-0.3, -0.25) is 14.4 Å². The largest absolute Gasteiger partial charge is 0.460 e. The lowest BCUT2D eigenvalue weighted by molar-refractivity contribution is -0.155. The van der Waals surface area contributed by atoms with Crippen molar-refractivity contribution in [3.8, 4) is 11.4 Å². The third-order valence-electron chi connectivity index (χ3n) is 7.24. The van der Waals surface area contributed by atoms with Crippen LogP contribution in [0.15, 0.2) is 36.4 Å². The monoisotopic (exact) mass is 610 g/mol. The van der Waals surface area contributed by atoms with Crippen LogP contribution in [0.2, 0.25) is 0 Å². The minimum absolute atomic E-state index is 0.0133. The lowest BCUT2D eigenvalue weighted by atomic mass is 10.1. The van der Waals surface area contributed by atoms with Gasteiger partial charge in [0.05, 0.1) is 12.7 Å². The molecule has 2 fully saturated rings. The molecule has 44 heavy (non-hydrogen) atoms. The Morgan fingerprint density at radius 1 is 1.02 bits per heavy atom. The van der Waals surface area contributed by atoms with Crippen LogP contribution in [0, 0.1) is 0 Å². The van der Waals surface area contributed by atoms with Gasteiger partial charge in [0, 0.05) is 57.3 Å². The van der Waals surface area contributed by atoms with Crippen LogP contribution in [-0.2, 0) is 19.1 Å². The van der Waals surface area contributed by atoms with Crippen molar-refractivity contribution >= 4 is 29.7 Å². The fourth-order valence-corrected chi connectivity index (χ4v) is 5.07. The first-order valence-corrected chi connectivity index (χ1v) is 15.0. The van der Waals surface area contributed by atoms with E-state index in [-0.39, 0.29) is 57.2 Å². The van der Waals surface area contributed by atoms with Crippen LogP contribution in [0.5, 0.6) is 0 Å². The summed E-state index contributed by atoms with van der Waals surface area (Å²) in [4.78, 5) is 66.3. The number of anilines is 1. The molecule has 4 rings (SSSR count). The molecule has 2 aromatic rings. The molecule has 0 unspecified atom stereocenters. The summed E-state index contributed by atoms with van der Waals surface area (Å²) < 4.78 is 10.5. The summed E-state index contributed by atoms with van der Waals surface area (Å²) in [6, 6.07) is 9.73. The molecule has 13 nitrogen and oxygen atoms in total. The van der Waals surface area contributed by atoms with E-state index in [1.165, 1.54) is 4.90 Å². The first-order chi connectivity index (χ1) is 20.9. The minimum atomic E-state index is -1.05. The van der Waals surface area contributed by atoms with Crippen LogP contribution in [0.25, 0.3) is 11.4 Å². The minimum Gasteiger partial charge on any atom is -0.460 e. The lowest BCUT2D eigenvalue weighted by Gasteiger charge is -2.36. The highest BCUT2D eigenvalue weighted by atomic mass is 16.6. The maximum Gasteiger partial charge on any atom is 0.409 e. The fourth-order valence-electron chi connectivity index (χ4n) is 5.07. The molecule has 0 bridgehead atoms. The summed E-state index contributed by atoms with van der Waals surface area (Å²) in [6.45, 7) is 9.29. The van der Waals surface area contributed by atoms with Gasteiger partial charge in [0.25, 0.3) is 5.91 Å². The second-order valence-corrected chi connectivity index (χ2v) is 11.9. The molecule has 0 spiro atoms. The molecule has 2 aliphatic heterocycles. The van der Waals surface area contributed by atoms with Crippen molar-refractivity contribution in [2.24, 2.45) is 0 Å². The zero-order chi connectivity index (χ0) is 31.9. The van der Waals surface area contributed by atoms with E-state index in [2.05, 4.69) is 15.3 Å².